The highest BCUT2D eigenvalue weighted by atomic mass is 32.1. The number of nitrogens with one attached hydrogen (secondary N) is 2. The number of carbonyl (C=O) groups is 1. The molecular weight excluding hydrogens is 416 g/mol. The maximum absolute atomic E-state index is 12.8. The lowest BCUT2D eigenvalue weighted by Crippen LogP contribution is -2.44. The minimum atomic E-state index is -0.170. The molecule has 0 unspecified atom stereocenters. The molecule has 8 nitrogen and oxygen atoms in total. The van der Waals surface area contributed by atoms with E-state index in [-0.39, 0.29) is 17.4 Å². The number of hydrogen-bond acceptors (Lipinski definition) is 7. The summed E-state index contributed by atoms with van der Waals surface area (Å²) in [6, 6.07) is 5.65. The Hall–Kier alpha value is -3.07. The van der Waals surface area contributed by atoms with Crippen molar-refractivity contribution in [3.8, 4) is 22.6 Å². The van der Waals surface area contributed by atoms with E-state index in [1.165, 1.54) is 11.3 Å². The molecule has 0 radical (unpaired) electrons. The van der Waals surface area contributed by atoms with Crippen LogP contribution in [-0.4, -0.2) is 49.7 Å². The molecule has 1 amide bonds. The summed E-state index contributed by atoms with van der Waals surface area (Å²) in [5.41, 5.74) is 2.24. The van der Waals surface area contributed by atoms with Gasteiger partial charge in [0.15, 0.2) is 11.5 Å². The third-order valence-electron chi connectivity index (χ3n) is 5.55. The molecule has 1 atom stereocenters. The number of aromatic nitrogens is 2. The van der Waals surface area contributed by atoms with Gasteiger partial charge in [-0.2, -0.15) is 0 Å². The van der Waals surface area contributed by atoms with Gasteiger partial charge in [0.25, 0.3) is 5.56 Å². The number of carbonyl (C=O) groups excluding carboxylic acids is 1. The summed E-state index contributed by atoms with van der Waals surface area (Å²) < 4.78 is 11.3. The Kier molecular flexibility index (Phi) is 6.13. The molecule has 0 saturated carbocycles. The van der Waals surface area contributed by atoms with E-state index in [0.717, 1.165) is 30.5 Å². The lowest BCUT2D eigenvalue weighted by molar-refractivity contribution is -0.125. The molecule has 3 heterocycles. The van der Waals surface area contributed by atoms with Crippen LogP contribution in [0.4, 0.5) is 5.95 Å². The van der Waals surface area contributed by atoms with E-state index in [4.69, 9.17) is 14.5 Å². The second-order valence-electron chi connectivity index (χ2n) is 7.47. The van der Waals surface area contributed by atoms with E-state index in [0.29, 0.717) is 40.8 Å². The number of anilines is 1. The Balaban J connectivity index is 1.72. The third-order valence-corrected chi connectivity index (χ3v) is 6.52. The fourth-order valence-corrected chi connectivity index (χ4v) is 4.89. The van der Waals surface area contributed by atoms with Crippen molar-refractivity contribution in [3.63, 3.8) is 0 Å². The summed E-state index contributed by atoms with van der Waals surface area (Å²) in [6.07, 6.45) is 1.71. The normalized spacial score (nSPS) is 16.4. The van der Waals surface area contributed by atoms with Crippen molar-refractivity contribution in [1.29, 1.82) is 0 Å². The van der Waals surface area contributed by atoms with Crippen LogP contribution in [0.25, 0.3) is 21.3 Å². The second-order valence-corrected chi connectivity index (χ2v) is 8.35. The van der Waals surface area contributed by atoms with Crippen LogP contribution in [0.1, 0.15) is 19.8 Å². The van der Waals surface area contributed by atoms with Crippen LogP contribution in [0, 0.1) is 5.92 Å². The van der Waals surface area contributed by atoms with Gasteiger partial charge in [0.2, 0.25) is 11.9 Å². The van der Waals surface area contributed by atoms with Crippen molar-refractivity contribution in [1.82, 2.24) is 15.3 Å². The van der Waals surface area contributed by atoms with Crippen LogP contribution in [0.5, 0.6) is 11.5 Å². The summed E-state index contributed by atoms with van der Waals surface area (Å²) in [7, 11) is 3.19. The SMILES string of the molecule is CCNC(=O)[C@@H]1CCCN(c2nc3c(-c4ccc(OC)c(OC)c4)csc3c(=O)[nH]2)C1. The van der Waals surface area contributed by atoms with Gasteiger partial charge in [0.05, 0.1) is 25.7 Å². The van der Waals surface area contributed by atoms with Crippen LogP contribution in [0.3, 0.4) is 0 Å². The quantitative estimate of drug-likeness (QED) is 0.609. The predicted molar refractivity (Wildman–Crippen MR) is 122 cm³/mol. The largest absolute Gasteiger partial charge is 0.493 e. The highest BCUT2D eigenvalue weighted by Crippen LogP contribution is 2.37. The highest BCUT2D eigenvalue weighted by molar-refractivity contribution is 7.17. The van der Waals surface area contributed by atoms with E-state index in [1.54, 1.807) is 14.2 Å². The smallest absolute Gasteiger partial charge is 0.270 e. The number of ether oxygens (including phenoxy) is 2. The van der Waals surface area contributed by atoms with Gasteiger partial charge in [-0.05, 0) is 37.5 Å². The summed E-state index contributed by atoms with van der Waals surface area (Å²) >= 11 is 1.37. The molecule has 0 aliphatic carbocycles. The van der Waals surface area contributed by atoms with Crippen molar-refractivity contribution in [2.24, 2.45) is 5.92 Å². The fourth-order valence-electron chi connectivity index (χ4n) is 3.98. The lowest BCUT2D eigenvalue weighted by Gasteiger charge is -2.32. The fraction of sp³-hybridized carbons (Fsp3) is 0.409. The maximum Gasteiger partial charge on any atom is 0.270 e. The van der Waals surface area contributed by atoms with Gasteiger partial charge in [-0.25, -0.2) is 4.98 Å². The first-order valence-electron chi connectivity index (χ1n) is 10.3. The van der Waals surface area contributed by atoms with Crippen LogP contribution >= 0.6 is 11.3 Å². The molecular formula is C22H26N4O4S. The Morgan fingerprint density at radius 2 is 2.13 bits per heavy atom. The number of aromatic amines is 1. The number of amides is 1. The van der Waals surface area contributed by atoms with Gasteiger partial charge in [0, 0.05) is 30.6 Å². The van der Waals surface area contributed by atoms with Gasteiger partial charge in [-0.15, -0.1) is 11.3 Å². The molecule has 0 spiro atoms. The number of rotatable bonds is 6. The molecule has 1 saturated heterocycles. The zero-order chi connectivity index (χ0) is 22.0. The Bertz CT molecular complexity index is 1160. The lowest BCUT2D eigenvalue weighted by atomic mass is 9.97. The zero-order valence-electron chi connectivity index (χ0n) is 17.9. The van der Waals surface area contributed by atoms with Crippen LogP contribution < -0.4 is 25.2 Å². The first-order chi connectivity index (χ1) is 15.0. The van der Waals surface area contributed by atoms with E-state index in [2.05, 4.69) is 10.3 Å². The van der Waals surface area contributed by atoms with Crippen molar-refractivity contribution < 1.29 is 14.3 Å². The molecule has 31 heavy (non-hydrogen) atoms. The number of hydrogen-bond donors (Lipinski definition) is 2. The average molecular weight is 443 g/mol. The standard InChI is InChI=1S/C22H26N4O4S/c1-4-23-20(27)14-6-5-9-26(11-14)22-24-18-15(12-31-19(18)21(28)25-22)13-7-8-16(29-2)17(10-13)30-3/h7-8,10,12,14H,4-6,9,11H2,1-3H3,(H,23,27)(H,24,25,28)/t14-/m1/s1. The van der Waals surface area contributed by atoms with Crippen LogP contribution in [0.2, 0.25) is 0 Å². The zero-order valence-corrected chi connectivity index (χ0v) is 18.7. The summed E-state index contributed by atoms with van der Waals surface area (Å²) in [5.74, 6) is 1.71. The molecule has 164 valence electrons. The predicted octanol–water partition coefficient (Wildman–Crippen LogP) is 3.02. The molecule has 9 heteroatoms. The van der Waals surface area contributed by atoms with Gasteiger partial charge < -0.3 is 19.7 Å². The van der Waals surface area contributed by atoms with E-state index >= 15 is 0 Å². The van der Waals surface area contributed by atoms with Crippen molar-refractivity contribution in [3.05, 3.63) is 33.9 Å². The van der Waals surface area contributed by atoms with E-state index in [9.17, 15) is 9.59 Å². The molecule has 0 bridgehead atoms. The minimum Gasteiger partial charge on any atom is -0.493 e. The Morgan fingerprint density at radius 3 is 2.87 bits per heavy atom. The van der Waals surface area contributed by atoms with Crippen LogP contribution in [-0.2, 0) is 4.79 Å². The van der Waals surface area contributed by atoms with Gasteiger partial charge >= 0.3 is 0 Å². The van der Waals surface area contributed by atoms with Crippen molar-refractivity contribution >= 4 is 33.4 Å². The van der Waals surface area contributed by atoms with E-state index in [1.807, 2.05) is 35.4 Å². The molecule has 1 aromatic carbocycles. The monoisotopic (exact) mass is 442 g/mol. The molecule has 1 aliphatic heterocycles. The highest BCUT2D eigenvalue weighted by Gasteiger charge is 2.27. The number of H-pyrrole nitrogens is 1. The summed E-state index contributed by atoms with van der Waals surface area (Å²) in [6.45, 7) is 3.81. The van der Waals surface area contributed by atoms with E-state index < -0.39 is 0 Å². The third kappa shape index (κ3) is 4.10. The minimum absolute atomic E-state index is 0.0529. The Labute approximate surface area is 184 Å². The number of methoxy groups -OCH3 is 2. The number of nitrogens with zero attached hydrogens (tertiary/aromatic N) is 2. The maximum atomic E-state index is 12.8. The topological polar surface area (TPSA) is 96.6 Å². The van der Waals surface area contributed by atoms with Crippen LogP contribution in [0.15, 0.2) is 28.4 Å². The number of piperidine rings is 1. The second kappa shape index (κ2) is 8.97. The number of benzene rings is 1. The molecule has 4 rings (SSSR count). The van der Waals surface area contributed by atoms with Gasteiger partial charge in [-0.3, -0.25) is 14.6 Å². The molecule has 2 aromatic heterocycles. The molecule has 3 aromatic rings. The first kappa shape index (κ1) is 21.2. The van der Waals surface area contributed by atoms with Crippen molar-refractivity contribution in [2.75, 3.05) is 38.8 Å². The summed E-state index contributed by atoms with van der Waals surface area (Å²) in [5, 5.41) is 4.83. The number of fused-ring (bicyclic) bond motifs is 1. The molecule has 1 fully saturated rings. The summed E-state index contributed by atoms with van der Waals surface area (Å²) in [4.78, 5) is 34.8. The molecule has 1 aliphatic rings. The molecule has 2 N–H and O–H groups in total. The van der Waals surface area contributed by atoms with Gasteiger partial charge in [-0.1, -0.05) is 6.07 Å². The average Bonchev–Trinajstić information content (AvgIpc) is 3.23. The Morgan fingerprint density at radius 1 is 1.32 bits per heavy atom. The number of thiophene rings is 1. The first-order valence-corrected chi connectivity index (χ1v) is 11.2. The van der Waals surface area contributed by atoms with Gasteiger partial charge in [0.1, 0.15) is 4.70 Å². The van der Waals surface area contributed by atoms with Crippen molar-refractivity contribution in [2.45, 2.75) is 19.8 Å².